The van der Waals surface area contributed by atoms with Crippen LogP contribution in [-0.2, 0) is 11.2 Å². The van der Waals surface area contributed by atoms with Crippen molar-refractivity contribution in [1.82, 2.24) is 15.5 Å². The number of nitrogens with one attached hydrogen (secondary N) is 1. The summed E-state index contributed by atoms with van der Waals surface area (Å²) in [5, 5.41) is 7.18. The van der Waals surface area contributed by atoms with Gasteiger partial charge in [-0.2, -0.15) is 4.98 Å². The molecule has 1 aliphatic heterocycles. The van der Waals surface area contributed by atoms with Gasteiger partial charge in [0.25, 0.3) is 0 Å². The van der Waals surface area contributed by atoms with Crippen molar-refractivity contribution in [3.63, 3.8) is 0 Å². The number of nitrogens with zero attached hydrogens (tertiary/aromatic N) is 2. The molecule has 0 spiro atoms. The van der Waals surface area contributed by atoms with Crippen molar-refractivity contribution in [2.75, 3.05) is 20.3 Å². The molecule has 0 aliphatic carbocycles. The molecule has 0 aromatic carbocycles. The predicted molar refractivity (Wildman–Crippen MR) is 59.3 cm³/mol. The molecular formula is C11H19N3O2. The SMILES string of the molecule is CNC(C)Cc1nc(C2CCCOC2)no1. The van der Waals surface area contributed by atoms with E-state index in [4.69, 9.17) is 9.26 Å². The van der Waals surface area contributed by atoms with Crippen LogP contribution in [0.25, 0.3) is 0 Å². The Kier molecular flexibility index (Phi) is 3.90. The Balaban J connectivity index is 1.95. The molecule has 0 bridgehead atoms. The summed E-state index contributed by atoms with van der Waals surface area (Å²) >= 11 is 0. The number of ether oxygens (including phenoxy) is 1. The van der Waals surface area contributed by atoms with Crippen LogP contribution >= 0.6 is 0 Å². The highest BCUT2D eigenvalue weighted by Gasteiger charge is 2.21. The van der Waals surface area contributed by atoms with Crippen molar-refractivity contribution < 1.29 is 9.26 Å². The van der Waals surface area contributed by atoms with Gasteiger partial charge in [0.15, 0.2) is 5.82 Å². The lowest BCUT2D eigenvalue weighted by Gasteiger charge is -2.18. The third-order valence-corrected chi connectivity index (χ3v) is 2.98. The number of rotatable bonds is 4. The maximum Gasteiger partial charge on any atom is 0.228 e. The zero-order chi connectivity index (χ0) is 11.4. The molecule has 1 aromatic heterocycles. The van der Waals surface area contributed by atoms with Gasteiger partial charge in [-0.1, -0.05) is 5.16 Å². The van der Waals surface area contributed by atoms with Gasteiger partial charge in [-0.15, -0.1) is 0 Å². The van der Waals surface area contributed by atoms with E-state index in [0.717, 1.165) is 38.3 Å². The molecule has 5 nitrogen and oxygen atoms in total. The lowest BCUT2D eigenvalue weighted by Crippen LogP contribution is -2.23. The van der Waals surface area contributed by atoms with Gasteiger partial charge in [0.1, 0.15) is 0 Å². The number of aromatic nitrogens is 2. The lowest BCUT2D eigenvalue weighted by molar-refractivity contribution is 0.0773. The Morgan fingerprint density at radius 2 is 2.44 bits per heavy atom. The van der Waals surface area contributed by atoms with E-state index in [2.05, 4.69) is 22.4 Å². The Bertz CT molecular complexity index is 321. The number of hydrogen-bond acceptors (Lipinski definition) is 5. The Morgan fingerprint density at radius 3 is 3.12 bits per heavy atom. The van der Waals surface area contributed by atoms with E-state index in [0.29, 0.717) is 17.9 Å². The third kappa shape index (κ3) is 2.80. The van der Waals surface area contributed by atoms with Crippen LogP contribution in [0.5, 0.6) is 0 Å². The van der Waals surface area contributed by atoms with Gasteiger partial charge in [0.05, 0.1) is 6.61 Å². The fourth-order valence-corrected chi connectivity index (χ4v) is 1.83. The fourth-order valence-electron chi connectivity index (χ4n) is 1.83. The van der Waals surface area contributed by atoms with Crippen LogP contribution in [0.2, 0.25) is 0 Å². The fraction of sp³-hybridized carbons (Fsp3) is 0.818. The van der Waals surface area contributed by atoms with Crippen LogP contribution in [0.1, 0.15) is 37.4 Å². The van der Waals surface area contributed by atoms with Crippen molar-refractivity contribution in [2.45, 2.75) is 38.1 Å². The van der Waals surface area contributed by atoms with Gasteiger partial charge in [-0.3, -0.25) is 0 Å². The van der Waals surface area contributed by atoms with Gasteiger partial charge >= 0.3 is 0 Å². The maximum atomic E-state index is 5.41. The van der Waals surface area contributed by atoms with E-state index in [-0.39, 0.29) is 0 Å². The molecule has 90 valence electrons. The van der Waals surface area contributed by atoms with Crippen LogP contribution in [-0.4, -0.2) is 36.4 Å². The first-order valence-electron chi connectivity index (χ1n) is 5.87. The van der Waals surface area contributed by atoms with E-state index in [1.807, 2.05) is 7.05 Å². The summed E-state index contributed by atoms with van der Waals surface area (Å²) in [6, 6.07) is 0.357. The molecule has 2 rings (SSSR count). The maximum absolute atomic E-state index is 5.41. The smallest absolute Gasteiger partial charge is 0.228 e. The summed E-state index contributed by atoms with van der Waals surface area (Å²) in [6.07, 6.45) is 2.96. The number of hydrogen-bond donors (Lipinski definition) is 1. The monoisotopic (exact) mass is 225 g/mol. The van der Waals surface area contributed by atoms with Gasteiger partial charge in [-0.05, 0) is 26.8 Å². The summed E-state index contributed by atoms with van der Waals surface area (Å²) in [6.45, 7) is 3.67. The number of likely N-dealkylation sites (N-methyl/N-ethyl adjacent to an activating group) is 1. The normalized spacial score (nSPS) is 23.2. The topological polar surface area (TPSA) is 60.2 Å². The highest BCUT2D eigenvalue weighted by molar-refractivity contribution is 4.97. The second-order valence-electron chi connectivity index (χ2n) is 4.35. The summed E-state index contributed by atoms with van der Waals surface area (Å²) in [4.78, 5) is 4.42. The zero-order valence-corrected chi connectivity index (χ0v) is 9.90. The Hall–Kier alpha value is -0.940. The first kappa shape index (κ1) is 11.5. The first-order chi connectivity index (χ1) is 7.79. The van der Waals surface area contributed by atoms with Gasteiger partial charge in [0.2, 0.25) is 5.89 Å². The molecule has 2 heterocycles. The molecule has 5 heteroatoms. The molecule has 1 aromatic rings. The second kappa shape index (κ2) is 5.41. The van der Waals surface area contributed by atoms with Gasteiger partial charge in [-0.25, -0.2) is 0 Å². The van der Waals surface area contributed by atoms with Crippen LogP contribution in [0, 0.1) is 0 Å². The molecular weight excluding hydrogens is 206 g/mol. The molecule has 0 radical (unpaired) electrons. The lowest BCUT2D eigenvalue weighted by atomic mass is 10.0. The summed E-state index contributed by atoms with van der Waals surface area (Å²) in [7, 11) is 1.93. The van der Waals surface area contributed by atoms with E-state index < -0.39 is 0 Å². The minimum atomic E-state index is 0.316. The molecule has 1 aliphatic rings. The van der Waals surface area contributed by atoms with E-state index in [1.54, 1.807) is 0 Å². The highest BCUT2D eigenvalue weighted by Crippen LogP contribution is 2.22. The van der Waals surface area contributed by atoms with Crippen molar-refractivity contribution in [1.29, 1.82) is 0 Å². The Labute approximate surface area is 95.6 Å². The largest absolute Gasteiger partial charge is 0.381 e. The van der Waals surface area contributed by atoms with E-state index in [9.17, 15) is 0 Å². The molecule has 0 saturated carbocycles. The molecule has 1 N–H and O–H groups in total. The quantitative estimate of drug-likeness (QED) is 0.832. The van der Waals surface area contributed by atoms with Gasteiger partial charge < -0.3 is 14.6 Å². The highest BCUT2D eigenvalue weighted by atomic mass is 16.5. The second-order valence-corrected chi connectivity index (χ2v) is 4.35. The molecule has 0 amide bonds. The van der Waals surface area contributed by atoms with E-state index >= 15 is 0 Å². The molecule has 1 saturated heterocycles. The third-order valence-electron chi connectivity index (χ3n) is 2.98. The van der Waals surface area contributed by atoms with Crippen molar-refractivity contribution >= 4 is 0 Å². The standard InChI is InChI=1S/C11H19N3O2/c1-8(12-2)6-10-13-11(14-16-10)9-4-3-5-15-7-9/h8-9,12H,3-7H2,1-2H3. The summed E-state index contributed by atoms with van der Waals surface area (Å²) in [5.74, 6) is 1.83. The zero-order valence-electron chi connectivity index (χ0n) is 9.90. The first-order valence-corrected chi connectivity index (χ1v) is 5.87. The van der Waals surface area contributed by atoms with Crippen LogP contribution in [0.3, 0.4) is 0 Å². The van der Waals surface area contributed by atoms with Crippen LogP contribution < -0.4 is 5.32 Å². The van der Waals surface area contributed by atoms with Gasteiger partial charge in [0, 0.05) is 25.0 Å². The predicted octanol–water partition coefficient (Wildman–Crippen LogP) is 1.11. The molecule has 2 atom stereocenters. The minimum absolute atomic E-state index is 0.316. The van der Waals surface area contributed by atoms with Crippen molar-refractivity contribution in [3.8, 4) is 0 Å². The Morgan fingerprint density at radius 1 is 1.56 bits per heavy atom. The average Bonchev–Trinajstić information content (AvgIpc) is 2.78. The molecule has 1 fully saturated rings. The molecule has 2 unspecified atom stereocenters. The average molecular weight is 225 g/mol. The van der Waals surface area contributed by atoms with Crippen molar-refractivity contribution in [3.05, 3.63) is 11.7 Å². The summed E-state index contributed by atoms with van der Waals surface area (Å²) < 4.78 is 10.6. The summed E-state index contributed by atoms with van der Waals surface area (Å²) in [5.41, 5.74) is 0. The van der Waals surface area contributed by atoms with Crippen molar-refractivity contribution in [2.24, 2.45) is 0 Å². The minimum Gasteiger partial charge on any atom is -0.381 e. The van der Waals surface area contributed by atoms with Crippen LogP contribution in [0.4, 0.5) is 0 Å². The van der Waals surface area contributed by atoms with Crippen LogP contribution in [0.15, 0.2) is 4.52 Å². The van der Waals surface area contributed by atoms with E-state index in [1.165, 1.54) is 0 Å². The molecule has 16 heavy (non-hydrogen) atoms.